The molecule has 0 radical (unpaired) electrons. The Morgan fingerprint density at radius 3 is 2.40 bits per heavy atom. The Morgan fingerprint density at radius 1 is 1.30 bits per heavy atom. The van der Waals surface area contributed by atoms with Crippen molar-refractivity contribution >= 4 is 11.8 Å². The lowest BCUT2D eigenvalue weighted by Gasteiger charge is -2.22. The first kappa shape index (κ1) is 17.0. The Balaban J connectivity index is 2.29. The van der Waals surface area contributed by atoms with E-state index in [9.17, 15) is 9.59 Å². The summed E-state index contributed by atoms with van der Waals surface area (Å²) in [5, 5.41) is 2.78. The number of nitrogens with one attached hydrogen (secondary N) is 1. The van der Waals surface area contributed by atoms with Gasteiger partial charge in [0.15, 0.2) is 0 Å². The summed E-state index contributed by atoms with van der Waals surface area (Å²) in [6.45, 7) is 6.58. The van der Waals surface area contributed by atoms with Crippen LogP contribution in [0.4, 0.5) is 0 Å². The van der Waals surface area contributed by atoms with Crippen LogP contribution in [0.25, 0.3) is 0 Å². The molecule has 0 bridgehead atoms. The standard InChI is InChI=1S/C15H29N3O2/c1-10(2)13(16)7-8-18(4)15(20)14(19)17-11(3)9-12-5-6-12/h10-13H,5-9,16H2,1-4H3,(H,17,19)/t11-,13?/m1/s1. The van der Waals surface area contributed by atoms with E-state index >= 15 is 0 Å². The van der Waals surface area contributed by atoms with Crippen molar-refractivity contribution in [1.29, 1.82) is 0 Å². The van der Waals surface area contributed by atoms with Gasteiger partial charge in [0.1, 0.15) is 0 Å². The first-order valence-corrected chi connectivity index (χ1v) is 7.62. The quantitative estimate of drug-likeness (QED) is 0.688. The molecule has 1 rings (SSSR count). The summed E-state index contributed by atoms with van der Waals surface area (Å²) in [5.74, 6) is 0.149. The summed E-state index contributed by atoms with van der Waals surface area (Å²) >= 11 is 0. The minimum atomic E-state index is -0.501. The van der Waals surface area contributed by atoms with Crippen LogP contribution < -0.4 is 11.1 Å². The summed E-state index contributed by atoms with van der Waals surface area (Å²) in [6.07, 6.45) is 4.19. The lowest BCUT2D eigenvalue weighted by Crippen LogP contribution is -2.45. The van der Waals surface area contributed by atoms with Crippen molar-refractivity contribution in [3.8, 4) is 0 Å². The van der Waals surface area contributed by atoms with Gasteiger partial charge in [-0.25, -0.2) is 0 Å². The third-order valence-corrected chi connectivity index (χ3v) is 3.96. The van der Waals surface area contributed by atoms with Crippen LogP contribution in [-0.4, -0.2) is 42.4 Å². The monoisotopic (exact) mass is 283 g/mol. The lowest BCUT2D eigenvalue weighted by atomic mass is 10.0. The molecule has 1 aliphatic rings. The Morgan fingerprint density at radius 2 is 1.90 bits per heavy atom. The van der Waals surface area contributed by atoms with Crippen molar-refractivity contribution in [3.63, 3.8) is 0 Å². The predicted molar refractivity (Wildman–Crippen MR) is 80.0 cm³/mol. The Hall–Kier alpha value is -1.10. The van der Waals surface area contributed by atoms with Crippen molar-refractivity contribution in [1.82, 2.24) is 10.2 Å². The molecule has 0 aromatic carbocycles. The van der Waals surface area contributed by atoms with Gasteiger partial charge in [0.25, 0.3) is 0 Å². The predicted octanol–water partition coefficient (Wildman–Crippen LogP) is 1.12. The highest BCUT2D eigenvalue weighted by molar-refractivity contribution is 6.35. The van der Waals surface area contributed by atoms with Crippen LogP contribution in [0.2, 0.25) is 0 Å². The van der Waals surface area contributed by atoms with Gasteiger partial charge in [0.2, 0.25) is 0 Å². The third kappa shape index (κ3) is 5.90. The number of hydrogen-bond donors (Lipinski definition) is 2. The van der Waals surface area contributed by atoms with Crippen LogP contribution in [0, 0.1) is 11.8 Å². The summed E-state index contributed by atoms with van der Waals surface area (Å²) in [6, 6.07) is 0.132. The Kier molecular flexibility index (Phi) is 6.46. The van der Waals surface area contributed by atoms with E-state index in [1.54, 1.807) is 7.05 Å². The minimum absolute atomic E-state index is 0.0575. The maximum atomic E-state index is 11.9. The SMILES string of the molecule is CC(C)C(N)CCN(C)C(=O)C(=O)N[C@H](C)CC1CC1. The molecular weight excluding hydrogens is 254 g/mol. The molecule has 1 unspecified atom stereocenters. The molecule has 20 heavy (non-hydrogen) atoms. The van der Waals surface area contributed by atoms with E-state index in [1.807, 2.05) is 6.92 Å². The number of likely N-dealkylation sites (N-methyl/N-ethyl adjacent to an activating group) is 1. The van der Waals surface area contributed by atoms with Crippen molar-refractivity contribution in [3.05, 3.63) is 0 Å². The zero-order valence-electron chi connectivity index (χ0n) is 13.2. The maximum absolute atomic E-state index is 11.9. The molecule has 2 amide bonds. The van der Waals surface area contributed by atoms with E-state index in [2.05, 4.69) is 19.2 Å². The highest BCUT2D eigenvalue weighted by Crippen LogP contribution is 2.33. The molecule has 116 valence electrons. The van der Waals surface area contributed by atoms with Crippen molar-refractivity contribution in [2.75, 3.05) is 13.6 Å². The normalized spacial score (nSPS) is 17.7. The zero-order chi connectivity index (χ0) is 15.3. The number of rotatable bonds is 7. The molecule has 0 aliphatic heterocycles. The van der Waals surface area contributed by atoms with E-state index in [4.69, 9.17) is 5.73 Å². The van der Waals surface area contributed by atoms with Gasteiger partial charge < -0.3 is 16.0 Å². The first-order valence-electron chi connectivity index (χ1n) is 7.62. The average Bonchev–Trinajstić information content (AvgIpc) is 3.17. The number of carbonyl (C=O) groups excluding carboxylic acids is 2. The van der Waals surface area contributed by atoms with Gasteiger partial charge >= 0.3 is 11.8 Å². The van der Waals surface area contributed by atoms with E-state index in [0.717, 1.165) is 12.3 Å². The van der Waals surface area contributed by atoms with Crippen LogP contribution in [-0.2, 0) is 9.59 Å². The number of amides is 2. The molecular formula is C15H29N3O2. The molecule has 5 nitrogen and oxygen atoms in total. The molecule has 3 N–H and O–H groups in total. The Bertz CT molecular complexity index is 340. The molecule has 2 atom stereocenters. The molecule has 5 heteroatoms. The summed E-state index contributed by atoms with van der Waals surface area (Å²) in [4.78, 5) is 25.2. The van der Waals surface area contributed by atoms with Gasteiger partial charge in [0.05, 0.1) is 0 Å². The van der Waals surface area contributed by atoms with Gasteiger partial charge in [-0.1, -0.05) is 26.7 Å². The van der Waals surface area contributed by atoms with Crippen molar-refractivity contribution < 1.29 is 9.59 Å². The number of nitrogens with two attached hydrogens (primary N) is 1. The number of hydrogen-bond acceptors (Lipinski definition) is 3. The first-order chi connectivity index (χ1) is 9.31. The highest BCUT2D eigenvalue weighted by atomic mass is 16.2. The molecule has 0 aromatic rings. The average molecular weight is 283 g/mol. The fraction of sp³-hybridized carbons (Fsp3) is 0.867. The van der Waals surface area contributed by atoms with Crippen molar-refractivity contribution in [2.24, 2.45) is 17.6 Å². The fourth-order valence-electron chi connectivity index (χ4n) is 2.15. The molecule has 0 aromatic heterocycles. The van der Waals surface area contributed by atoms with Gasteiger partial charge in [-0.15, -0.1) is 0 Å². The zero-order valence-corrected chi connectivity index (χ0v) is 13.2. The summed E-state index contributed by atoms with van der Waals surface area (Å²) < 4.78 is 0. The third-order valence-electron chi connectivity index (χ3n) is 3.96. The van der Waals surface area contributed by atoms with Gasteiger partial charge in [0, 0.05) is 25.7 Å². The molecule has 1 saturated carbocycles. The second-order valence-electron chi connectivity index (χ2n) is 6.48. The topological polar surface area (TPSA) is 75.4 Å². The summed E-state index contributed by atoms with van der Waals surface area (Å²) in [5.41, 5.74) is 5.95. The van der Waals surface area contributed by atoms with Crippen molar-refractivity contribution in [2.45, 2.75) is 58.5 Å². The minimum Gasteiger partial charge on any atom is -0.345 e. The van der Waals surface area contributed by atoms with Crippen LogP contribution in [0.3, 0.4) is 0 Å². The van der Waals surface area contributed by atoms with Gasteiger partial charge in [-0.3, -0.25) is 9.59 Å². The molecule has 0 spiro atoms. The van der Waals surface area contributed by atoms with Gasteiger partial charge in [-0.2, -0.15) is 0 Å². The van der Waals surface area contributed by atoms with E-state index < -0.39 is 11.8 Å². The Labute approximate surface area is 122 Å². The summed E-state index contributed by atoms with van der Waals surface area (Å²) in [7, 11) is 1.65. The lowest BCUT2D eigenvalue weighted by molar-refractivity contribution is -0.145. The molecule has 0 heterocycles. The molecule has 1 aliphatic carbocycles. The number of carbonyl (C=O) groups is 2. The maximum Gasteiger partial charge on any atom is 0.311 e. The smallest absolute Gasteiger partial charge is 0.311 e. The van der Waals surface area contributed by atoms with E-state index in [-0.39, 0.29) is 12.1 Å². The van der Waals surface area contributed by atoms with E-state index in [0.29, 0.717) is 18.9 Å². The number of nitrogens with zero attached hydrogens (tertiary/aromatic N) is 1. The molecule has 0 saturated heterocycles. The largest absolute Gasteiger partial charge is 0.345 e. The van der Waals surface area contributed by atoms with Crippen LogP contribution in [0.5, 0.6) is 0 Å². The van der Waals surface area contributed by atoms with Crippen LogP contribution in [0.1, 0.15) is 46.5 Å². The van der Waals surface area contributed by atoms with Crippen LogP contribution >= 0.6 is 0 Å². The highest BCUT2D eigenvalue weighted by Gasteiger charge is 2.26. The van der Waals surface area contributed by atoms with Crippen LogP contribution in [0.15, 0.2) is 0 Å². The second-order valence-corrected chi connectivity index (χ2v) is 6.48. The second kappa shape index (κ2) is 7.62. The molecule has 1 fully saturated rings. The van der Waals surface area contributed by atoms with E-state index in [1.165, 1.54) is 17.7 Å². The van der Waals surface area contributed by atoms with Gasteiger partial charge in [-0.05, 0) is 31.6 Å². The fourth-order valence-corrected chi connectivity index (χ4v) is 2.15.